The van der Waals surface area contributed by atoms with Gasteiger partial charge in [-0.25, -0.2) is 0 Å². The number of amides is 1. The highest BCUT2D eigenvalue weighted by atomic mass is 32.2. The van der Waals surface area contributed by atoms with Crippen molar-refractivity contribution in [1.29, 1.82) is 0 Å². The Morgan fingerprint density at radius 3 is 2.48 bits per heavy atom. The SMILES string of the molecule is Cc1cccc(CN2C(=O)/C(=C/c3ccccc3)Sc3ccc(C(=O)CCCCN4C(C)CCCC4C)cc32)c1. The smallest absolute Gasteiger partial charge is 0.265 e. The Bertz CT molecular complexity index is 1370. The van der Waals surface area contributed by atoms with Gasteiger partial charge in [-0.15, -0.1) is 0 Å². The molecule has 40 heavy (non-hydrogen) atoms. The number of unbranched alkanes of at least 4 members (excludes halogenated alkanes) is 1. The summed E-state index contributed by atoms with van der Waals surface area (Å²) in [5, 5.41) is 0. The summed E-state index contributed by atoms with van der Waals surface area (Å²) < 4.78 is 0. The quantitative estimate of drug-likeness (QED) is 0.152. The first-order valence-corrected chi connectivity index (χ1v) is 15.5. The second-order valence-electron chi connectivity index (χ2n) is 11.3. The number of rotatable bonds is 9. The van der Waals surface area contributed by atoms with Crippen molar-refractivity contribution < 1.29 is 9.59 Å². The summed E-state index contributed by atoms with van der Waals surface area (Å²) >= 11 is 1.49. The molecule has 4 nitrogen and oxygen atoms in total. The maximum absolute atomic E-state index is 13.8. The van der Waals surface area contributed by atoms with E-state index in [0.717, 1.165) is 46.7 Å². The van der Waals surface area contributed by atoms with Crippen molar-refractivity contribution in [3.63, 3.8) is 0 Å². The van der Waals surface area contributed by atoms with E-state index in [0.29, 0.717) is 35.5 Å². The predicted molar refractivity (Wildman–Crippen MR) is 167 cm³/mol. The highest BCUT2D eigenvalue weighted by molar-refractivity contribution is 8.04. The molecule has 2 aliphatic rings. The normalized spacial score (nSPS) is 20.5. The molecular formula is C35H40N2O2S. The number of thioether (sulfide) groups is 1. The zero-order chi connectivity index (χ0) is 28.1. The molecule has 3 aromatic carbocycles. The molecule has 208 valence electrons. The fourth-order valence-electron chi connectivity index (χ4n) is 5.97. The highest BCUT2D eigenvalue weighted by Gasteiger charge is 2.30. The van der Waals surface area contributed by atoms with Gasteiger partial charge in [0, 0.05) is 29.0 Å². The molecule has 5 heteroatoms. The van der Waals surface area contributed by atoms with Crippen LogP contribution in [0.5, 0.6) is 0 Å². The van der Waals surface area contributed by atoms with E-state index in [1.807, 2.05) is 65.6 Å². The van der Waals surface area contributed by atoms with Crippen LogP contribution in [-0.4, -0.2) is 35.2 Å². The molecule has 0 bridgehead atoms. The zero-order valence-corrected chi connectivity index (χ0v) is 24.8. The van der Waals surface area contributed by atoms with Gasteiger partial charge in [-0.05, 0) is 82.3 Å². The molecule has 1 saturated heterocycles. The van der Waals surface area contributed by atoms with Gasteiger partial charge in [0.15, 0.2) is 5.78 Å². The second kappa shape index (κ2) is 13.0. The molecule has 5 rings (SSSR count). The number of fused-ring (bicyclic) bond motifs is 1. The van der Waals surface area contributed by atoms with Crippen molar-refractivity contribution >= 4 is 35.2 Å². The van der Waals surface area contributed by atoms with E-state index in [1.54, 1.807) is 0 Å². The third-order valence-corrected chi connectivity index (χ3v) is 9.29. The van der Waals surface area contributed by atoms with Crippen molar-refractivity contribution in [3.8, 4) is 0 Å². The van der Waals surface area contributed by atoms with E-state index in [1.165, 1.54) is 31.0 Å². The Morgan fingerprint density at radius 2 is 1.73 bits per heavy atom. The number of anilines is 1. The number of Topliss-reactive ketones (excluding diaryl/α,β-unsaturated/α-hetero) is 1. The fourth-order valence-corrected chi connectivity index (χ4v) is 7.01. The Labute approximate surface area is 243 Å². The van der Waals surface area contributed by atoms with E-state index in [4.69, 9.17) is 0 Å². The van der Waals surface area contributed by atoms with E-state index in [2.05, 4.69) is 43.9 Å². The van der Waals surface area contributed by atoms with Crippen LogP contribution in [0.1, 0.15) is 79.4 Å². The van der Waals surface area contributed by atoms with Crippen molar-refractivity contribution in [2.75, 3.05) is 11.4 Å². The largest absolute Gasteiger partial charge is 0.302 e. The summed E-state index contributed by atoms with van der Waals surface area (Å²) in [7, 11) is 0. The van der Waals surface area contributed by atoms with Gasteiger partial charge in [-0.2, -0.15) is 0 Å². The van der Waals surface area contributed by atoms with Gasteiger partial charge in [-0.3, -0.25) is 14.5 Å². The molecule has 1 amide bonds. The van der Waals surface area contributed by atoms with Crippen LogP contribution >= 0.6 is 11.8 Å². The summed E-state index contributed by atoms with van der Waals surface area (Å²) in [5.74, 6) is 0.123. The summed E-state index contributed by atoms with van der Waals surface area (Å²) in [4.78, 5) is 33.2. The lowest BCUT2D eigenvalue weighted by Gasteiger charge is -2.39. The number of hydrogen-bond acceptors (Lipinski definition) is 4. The summed E-state index contributed by atoms with van der Waals surface area (Å²) in [6, 6.07) is 25.4. The molecule has 0 saturated carbocycles. The van der Waals surface area contributed by atoms with Crippen LogP contribution < -0.4 is 4.90 Å². The maximum Gasteiger partial charge on any atom is 0.265 e. The number of likely N-dealkylation sites (tertiary alicyclic amines) is 1. The van der Waals surface area contributed by atoms with E-state index < -0.39 is 0 Å². The first-order chi connectivity index (χ1) is 19.4. The van der Waals surface area contributed by atoms with E-state index >= 15 is 0 Å². The lowest BCUT2D eigenvalue weighted by molar-refractivity contribution is -0.114. The molecule has 2 atom stereocenters. The Kier molecular flexibility index (Phi) is 9.23. The predicted octanol–water partition coefficient (Wildman–Crippen LogP) is 8.29. The molecule has 0 N–H and O–H groups in total. The molecular weight excluding hydrogens is 512 g/mol. The first-order valence-electron chi connectivity index (χ1n) is 14.6. The van der Waals surface area contributed by atoms with E-state index in [9.17, 15) is 9.59 Å². The van der Waals surface area contributed by atoms with Gasteiger partial charge in [0.1, 0.15) is 0 Å². The molecule has 3 aromatic rings. The maximum atomic E-state index is 13.8. The molecule has 2 unspecified atom stereocenters. The van der Waals surface area contributed by atoms with Gasteiger partial charge in [0.2, 0.25) is 0 Å². The number of hydrogen-bond donors (Lipinski definition) is 0. The number of aryl methyl sites for hydroxylation is 1. The Morgan fingerprint density at radius 1 is 0.950 bits per heavy atom. The monoisotopic (exact) mass is 552 g/mol. The Hall–Kier alpha value is -3.15. The lowest BCUT2D eigenvalue weighted by atomic mass is 9.97. The minimum absolute atomic E-state index is 0.0303. The van der Waals surface area contributed by atoms with Crippen molar-refractivity contribution in [3.05, 3.63) is 100.0 Å². The average molecular weight is 553 g/mol. The third-order valence-electron chi connectivity index (χ3n) is 8.21. The van der Waals surface area contributed by atoms with Crippen LogP contribution in [0.3, 0.4) is 0 Å². The van der Waals surface area contributed by atoms with E-state index in [-0.39, 0.29) is 11.7 Å². The molecule has 0 radical (unpaired) electrons. The van der Waals surface area contributed by atoms with Gasteiger partial charge < -0.3 is 4.90 Å². The lowest BCUT2D eigenvalue weighted by Crippen LogP contribution is -2.44. The van der Waals surface area contributed by atoms with Crippen molar-refractivity contribution in [2.45, 2.75) is 82.8 Å². The number of nitrogens with zero attached hydrogens (tertiary/aromatic N) is 2. The molecule has 0 spiro atoms. The summed E-state index contributed by atoms with van der Waals surface area (Å²) in [6.07, 6.45) is 8.28. The van der Waals surface area contributed by atoms with Crippen molar-refractivity contribution in [2.24, 2.45) is 0 Å². The number of piperidine rings is 1. The Balaban J connectivity index is 1.34. The molecule has 0 aromatic heterocycles. The number of benzene rings is 3. The third kappa shape index (κ3) is 6.76. The first kappa shape index (κ1) is 28.4. The standard InChI is InChI=1S/C35H40N2O2S/c1-25-11-9-16-29(21-25)24-37-31-23-30(32(38)17-7-8-20-36-26(2)12-10-13-27(36)3)18-19-33(31)40-34(35(37)39)22-28-14-5-4-6-15-28/h4-6,9,11,14-16,18-19,21-23,26-27H,7-8,10,12-13,17,20,24H2,1-3H3/b34-22-. The molecule has 1 fully saturated rings. The highest BCUT2D eigenvalue weighted by Crippen LogP contribution is 2.43. The number of ketones is 1. The van der Waals surface area contributed by atoms with Gasteiger partial charge in [-0.1, -0.05) is 84.4 Å². The molecule has 2 heterocycles. The summed E-state index contributed by atoms with van der Waals surface area (Å²) in [6.45, 7) is 8.25. The van der Waals surface area contributed by atoms with Crippen LogP contribution in [0.4, 0.5) is 5.69 Å². The fraction of sp³-hybridized carbons (Fsp3) is 0.371. The van der Waals surface area contributed by atoms with Crippen LogP contribution in [0.15, 0.2) is 82.6 Å². The average Bonchev–Trinajstić information content (AvgIpc) is 2.95. The van der Waals surface area contributed by atoms with Crippen molar-refractivity contribution in [1.82, 2.24) is 4.90 Å². The second-order valence-corrected chi connectivity index (χ2v) is 12.4. The number of carbonyl (C=O) groups is 2. The zero-order valence-electron chi connectivity index (χ0n) is 23.9. The topological polar surface area (TPSA) is 40.6 Å². The molecule has 2 aliphatic heterocycles. The van der Waals surface area contributed by atoms with Crippen LogP contribution in [0.2, 0.25) is 0 Å². The van der Waals surface area contributed by atoms with Gasteiger partial charge in [0.25, 0.3) is 5.91 Å². The van der Waals surface area contributed by atoms with Crippen LogP contribution in [-0.2, 0) is 11.3 Å². The molecule has 0 aliphatic carbocycles. The van der Waals surface area contributed by atoms with Gasteiger partial charge in [0.05, 0.1) is 17.1 Å². The van der Waals surface area contributed by atoms with Crippen LogP contribution in [0, 0.1) is 6.92 Å². The minimum Gasteiger partial charge on any atom is -0.302 e. The van der Waals surface area contributed by atoms with Gasteiger partial charge >= 0.3 is 0 Å². The van der Waals surface area contributed by atoms with Crippen LogP contribution in [0.25, 0.3) is 6.08 Å². The minimum atomic E-state index is -0.0303. The summed E-state index contributed by atoms with van der Waals surface area (Å²) in [5.41, 5.74) is 4.75. The number of carbonyl (C=O) groups excluding carboxylic acids is 2.